The van der Waals surface area contributed by atoms with E-state index in [1.54, 1.807) is 6.92 Å². The summed E-state index contributed by atoms with van der Waals surface area (Å²) in [7, 11) is 0. The molecule has 1 saturated carbocycles. The zero-order valence-corrected chi connectivity index (χ0v) is 22.7. The van der Waals surface area contributed by atoms with Gasteiger partial charge in [-0.3, -0.25) is 4.79 Å². The minimum absolute atomic E-state index is 0.152. The summed E-state index contributed by atoms with van der Waals surface area (Å²) in [4.78, 5) is 12.6. The maximum Gasteiger partial charge on any atom is 0.314 e. The summed E-state index contributed by atoms with van der Waals surface area (Å²) < 4.78 is 123. The Kier molecular flexibility index (Phi) is 11.4. The van der Waals surface area contributed by atoms with Gasteiger partial charge in [-0.25, -0.2) is 26.3 Å². The quantitative estimate of drug-likeness (QED) is 0.0824. The first-order valence-corrected chi connectivity index (χ1v) is 14.0. The average molecular weight is 579 g/mol. The highest BCUT2D eigenvalue weighted by molar-refractivity contribution is 5.76. The molecule has 222 valence electrons. The summed E-state index contributed by atoms with van der Waals surface area (Å²) in [6.07, 6.45) is 8.93. The Hall–Kier alpha value is -2.65. The number of rotatable bonds is 12. The van der Waals surface area contributed by atoms with E-state index >= 15 is 0 Å². The van der Waals surface area contributed by atoms with Crippen LogP contribution in [0.5, 0.6) is 5.75 Å². The van der Waals surface area contributed by atoms with Crippen LogP contribution in [0.4, 0.5) is 35.1 Å². The smallest absolute Gasteiger partial charge is 0.314 e. The lowest BCUT2D eigenvalue weighted by molar-refractivity contribution is -0.140. The Morgan fingerprint density at radius 3 is 1.60 bits per heavy atom. The minimum atomic E-state index is -2.36. The van der Waals surface area contributed by atoms with E-state index in [0.717, 1.165) is 32.1 Å². The number of esters is 1. The Bertz CT molecular complexity index is 1150. The van der Waals surface area contributed by atoms with E-state index in [9.17, 15) is 39.9 Å². The fraction of sp³-hybridized carbons (Fsp3) is 0.567. The van der Waals surface area contributed by atoms with Crippen molar-refractivity contribution in [2.75, 3.05) is 0 Å². The van der Waals surface area contributed by atoms with E-state index in [4.69, 9.17) is 4.74 Å². The molecule has 0 spiro atoms. The molecular weight excluding hydrogens is 544 g/mol. The lowest BCUT2D eigenvalue weighted by Crippen LogP contribution is -2.26. The van der Waals surface area contributed by atoms with Crippen molar-refractivity contribution in [2.45, 2.75) is 97.3 Å². The topological polar surface area (TPSA) is 26.3 Å². The fourth-order valence-corrected chi connectivity index (χ4v) is 5.30. The number of ether oxygens (including phenoxy) is 1. The lowest BCUT2D eigenvalue weighted by Gasteiger charge is -2.27. The molecule has 0 N–H and O–H groups in total. The van der Waals surface area contributed by atoms with Crippen molar-refractivity contribution in [1.82, 2.24) is 0 Å². The molecular formula is C30H34F8O2. The molecule has 0 aliphatic heterocycles. The van der Waals surface area contributed by atoms with E-state index in [-0.39, 0.29) is 6.42 Å². The van der Waals surface area contributed by atoms with Crippen molar-refractivity contribution >= 4 is 5.97 Å². The Balaban J connectivity index is 1.81. The highest BCUT2D eigenvalue weighted by Crippen LogP contribution is 2.41. The summed E-state index contributed by atoms with van der Waals surface area (Å²) in [6, 6.07) is 0. The van der Waals surface area contributed by atoms with Gasteiger partial charge in [0.05, 0.1) is 17.0 Å². The van der Waals surface area contributed by atoms with Gasteiger partial charge in [-0.1, -0.05) is 58.8 Å². The van der Waals surface area contributed by atoms with Crippen LogP contribution in [0.25, 0.3) is 11.1 Å². The van der Waals surface area contributed by atoms with Gasteiger partial charge in [-0.2, -0.15) is 8.78 Å². The number of carbonyl (C=O) groups excluding carboxylic acids is 1. The van der Waals surface area contributed by atoms with Crippen molar-refractivity contribution in [1.29, 1.82) is 0 Å². The monoisotopic (exact) mass is 578 g/mol. The Morgan fingerprint density at radius 2 is 1.10 bits per heavy atom. The zero-order valence-electron chi connectivity index (χ0n) is 22.7. The molecule has 10 heteroatoms. The van der Waals surface area contributed by atoms with Gasteiger partial charge in [0.1, 0.15) is 0 Å². The Morgan fingerprint density at radius 1 is 0.625 bits per heavy atom. The second-order valence-corrected chi connectivity index (χ2v) is 10.5. The molecule has 0 aromatic heterocycles. The number of halogens is 8. The van der Waals surface area contributed by atoms with E-state index < -0.39 is 87.3 Å². The largest absolute Gasteiger partial charge is 0.420 e. The highest BCUT2D eigenvalue weighted by atomic mass is 19.2. The molecule has 0 heterocycles. The molecule has 2 nitrogen and oxygen atoms in total. The fourth-order valence-electron chi connectivity index (χ4n) is 5.30. The number of carbonyl (C=O) groups is 1. The van der Waals surface area contributed by atoms with Crippen LogP contribution in [-0.4, -0.2) is 5.97 Å². The first kappa shape index (κ1) is 31.9. The van der Waals surface area contributed by atoms with Crippen LogP contribution in [0, 0.1) is 58.4 Å². The second kappa shape index (κ2) is 14.3. The van der Waals surface area contributed by atoms with Gasteiger partial charge in [0.2, 0.25) is 17.4 Å². The van der Waals surface area contributed by atoms with Gasteiger partial charge in [0, 0.05) is 5.56 Å². The first-order chi connectivity index (χ1) is 19.0. The zero-order chi connectivity index (χ0) is 29.6. The summed E-state index contributed by atoms with van der Waals surface area (Å²) in [5.41, 5.74) is -4.91. The van der Waals surface area contributed by atoms with Crippen LogP contribution in [0.1, 0.15) is 96.5 Å². The van der Waals surface area contributed by atoms with Crippen LogP contribution in [0.2, 0.25) is 0 Å². The SMILES string of the molecule is CCCCCCC[C@H]1CC[C@H](C(=O)Oc2c(F)c(F)c(-c3c(F)c(F)c(CCCC)c(F)c3F)c(F)c2F)CC1. The lowest BCUT2D eigenvalue weighted by atomic mass is 9.80. The highest BCUT2D eigenvalue weighted by Gasteiger charge is 2.36. The third-order valence-electron chi connectivity index (χ3n) is 7.71. The normalized spacial score (nSPS) is 17.4. The van der Waals surface area contributed by atoms with Crippen molar-refractivity contribution < 1.29 is 44.7 Å². The molecule has 1 fully saturated rings. The van der Waals surface area contributed by atoms with Gasteiger partial charge < -0.3 is 4.74 Å². The predicted molar refractivity (Wildman–Crippen MR) is 135 cm³/mol. The molecule has 0 unspecified atom stereocenters. The minimum Gasteiger partial charge on any atom is -0.420 e. The predicted octanol–water partition coefficient (Wildman–Crippen LogP) is 9.88. The summed E-state index contributed by atoms with van der Waals surface area (Å²) in [5.74, 6) is -20.6. The second-order valence-electron chi connectivity index (χ2n) is 10.5. The summed E-state index contributed by atoms with van der Waals surface area (Å²) in [6.45, 7) is 3.78. The number of hydrogen-bond acceptors (Lipinski definition) is 2. The maximum atomic E-state index is 14.9. The van der Waals surface area contributed by atoms with Crippen LogP contribution in [0.3, 0.4) is 0 Å². The first-order valence-electron chi connectivity index (χ1n) is 14.0. The van der Waals surface area contributed by atoms with Gasteiger partial charge in [0.15, 0.2) is 34.9 Å². The molecule has 0 atom stereocenters. The van der Waals surface area contributed by atoms with Gasteiger partial charge in [0.25, 0.3) is 0 Å². The number of unbranched alkanes of at least 4 members (excludes halogenated alkanes) is 5. The molecule has 0 radical (unpaired) electrons. The average Bonchev–Trinajstić information content (AvgIpc) is 2.95. The molecule has 0 bridgehead atoms. The molecule has 0 saturated heterocycles. The molecule has 0 amide bonds. The van der Waals surface area contributed by atoms with Gasteiger partial charge >= 0.3 is 5.97 Å². The molecule has 1 aliphatic rings. The molecule has 2 aromatic carbocycles. The van der Waals surface area contributed by atoms with E-state index in [1.807, 2.05) is 0 Å². The number of hydrogen-bond donors (Lipinski definition) is 0. The molecule has 3 rings (SSSR count). The Labute approximate surface area is 229 Å². The third-order valence-corrected chi connectivity index (χ3v) is 7.71. The molecule has 2 aromatic rings. The van der Waals surface area contributed by atoms with Crippen molar-refractivity contribution in [3.8, 4) is 16.9 Å². The van der Waals surface area contributed by atoms with Crippen LogP contribution in [0.15, 0.2) is 0 Å². The van der Waals surface area contributed by atoms with E-state index in [1.165, 1.54) is 6.42 Å². The maximum absolute atomic E-state index is 14.9. The van der Waals surface area contributed by atoms with Crippen LogP contribution >= 0.6 is 0 Å². The molecule has 40 heavy (non-hydrogen) atoms. The van der Waals surface area contributed by atoms with Crippen LogP contribution in [-0.2, 0) is 11.2 Å². The summed E-state index contributed by atoms with van der Waals surface area (Å²) in [5, 5.41) is 0. The van der Waals surface area contributed by atoms with Gasteiger partial charge in [-0.05, 0) is 44.4 Å². The number of benzene rings is 2. The van der Waals surface area contributed by atoms with Crippen molar-refractivity contribution in [3.63, 3.8) is 0 Å². The molecule has 1 aliphatic carbocycles. The van der Waals surface area contributed by atoms with Crippen molar-refractivity contribution in [3.05, 3.63) is 52.1 Å². The van der Waals surface area contributed by atoms with Crippen molar-refractivity contribution in [2.24, 2.45) is 11.8 Å². The van der Waals surface area contributed by atoms with Crippen LogP contribution < -0.4 is 4.74 Å². The third kappa shape index (κ3) is 6.79. The summed E-state index contributed by atoms with van der Waals surface area (Å²) >= 11 is 0. The van der Waals surface area contributed by atoms with E-state index in [0.29, 0.717) is 38.0 Å². The van der Waals surface area contributed by atoms with Gasteiger partial charge in [-0.15, -0.1) is 0 Å². The van der Waals surface area contributed by atoms with E-state index in [2.05, 4.69) is 6.92 Å². The standard InChI is InChI=1S/C30H34F8O2/c1-3-5-7-8-9-10-16-12-14-17(15-13-16)30(39)40-29-27(37)25(35)20(26(36)28(29)38)19-23(33)21(31)18(11-6-4-2)22(32)24(19)34/h16-17H,3-15H2,1-2H3/t16-,17-.